The van der Waals surface area contributed by atoms with Crippen molar-refractivity contribution in [1.82, 2.24) is 5.32 Å². The highest BCUT2D eigenvalue weighted by atomic mass is 19.2. The minimum Gasteiger partial charge on any atom is -0.481 e. The van der Waals surface area contributed by atoms with E-state index in [4.69, 9.17) is 5.11 Å². The van der Waals surface area contributed by atoms with Gasteiger partial charge in [-0.25, -0.2) is 18.0 Å². The summed E-state index contributed by atoms with van der Waals surface area (Å²) in [7, 11) is 0. The first-order valence-electron chi connectivity index (χ1n) is 6.27. The van der Waals surface area contributed by atoms with Gasteiger partial charge in [-0.2, -0.15) is 0 Å². The van der Waals surface area contributed by atoms with Crippen molar-refractivity contribution in [2.45, 2.75) is 32.2 Å². The zero-order chi connectivity index (χ0) is 16.0. The van der Waals surface area contributed by atoms with Crippen LogP contribution in [0.4, 0.5) is 23.7 Å². The average Bonchev–Trinajstić information content (AvgIpc) is 2.35. The predicted molar refractivity (Wildman–Crippen MR) is 69.4 cm³/mol. The van der Waals surface area contributed by atoms with Gasteiger partial charge in [0.15, 0.2) is 11.6 Å². The molecular weight excluding hydrogens is 289 g/mol. The Hall–Kier alpha value is -2.25. The van der Waals surface area contributed by atoms with Crippen LogP contribution in [0.15, 0.2) is 12.1 Å². The highest BCUT2D eigenvalue weighted by Gasteiger charge is 2.17. The van der Waals surface area contributed by atoms with Crippen LogP contribution in [0.3, 0.4) is 0 Å². The van der Waals surface area contributed by atoms with Crippen LogP contribution in [-0.2, 0) is 4.79 Å². The lowest BCUT2D eigenvalue weighted by Gasteiger charge is -2.16. The fourth-order valence-electron chi connectivity index (χ4n) is 1.75. The zero-order valence-electron chi connectivity index (χ0n) is 11.3. The Morgan fingerprint density at radius 1 is 1.19 bits per heavy atom. The van der Waals surface area contributed by atoms with E-state index in [2.05, 4.69) is 5.32 Å². The van der Waals surface area contributed by atoms with Gasteiger partial charge in [-0.15, -0.1) is 0 Å². The van der Waals surface area contributed by atoms with Crippen LogP contribution >= 0.6 is 0 Å². The molecule has 8 heteroatoms. The van der Waals surface area contributed by atoms with Gasteiger partial charge in [0, 0.05) is 18.2 Å². The van der Waals surface area contributed by atoms with Crippen molar-refractivity contribution in [1.29, 1.82) is 0 Å². The minimum atomic E-state index is -1.37. The van der Waals surface area contributed by atoms with Crippen molar-refractivity contribution < 1.29 is 27.9 Å². The van der Waals surface area contributed by atoms with Crippen LogP contribution in [0, 0.1) is 17.5 Å². The largest absolute Gasteiger partial charge is 0.481 e. The molecule has 0 heterocycles. The van der Waals surface area contributed by atoms with E-state index < -0.39 is 41.2 Å². The van der Waals surface area contributed by atoms with Crippen LogP contribution in [0.1, 0.15) is 26.2 Å². The number of hydrogen-bond acceptors (Lipinski definition) is 2. The summed E-state index contributed by atoms with van der Waals surface area (Å²) in [6.45, 7) is 1.81. The Morgan fingerprint density at radius 3 is 2.38 bits per heavy atom. The lowest BCUT2D eigenvalue weighted by atomic mass is 10.1. The van der Waals surface area contributed by atoms with Crippen molar-refractivity contribution in [2.24, 2.45) is 0 Å². The molecule has 0 spiro atoms. The number of carboxylic acids is 1. The van der Waals surface area contributed by atoms with Gasteiger partial charge >= 0.3 is 12.0 Å². The Kier molecular flexibility index (Phi) is 6.01. The average molecular weight is 304 g/mol. The molecule has 0 aliphatic carbocycles. The first-order valence-corrected chi connectivity index (χ1v) is 6.27. The summed E-state index contributed by atoms with van der Waals surface area (Å²) in [4.78, 5) is 22.3. The molecule has 1 aromatic rings. The van der Waals surface area contributed by atoms with E-state index in [9.17, 15) is 22.8 Å². The second-order valence-electron chi connectivity index (χ2n) is 4.43. The maximum atomic E-state index is 13.3. The third-order valence-corrected chi connectivity index (χ3v) is 2.65. The van der Waals surface area contributed by atoms with Crippen molar-refractivity contribution in [3.8, 4) is 0 Å². The molecule has 1 unspecified atom stereocenters. The molecule has 0 aliphatic rings. The standard InChI is InChI=1S/C13H15F3N2O3/c1-2-3-7(4-12(19)20)17-13(21)18-11-6-9(15)8(14)5-10(11)16/h5-7H,2-4H2,1H3,(H,19,20)(H2,17,18,21). The third-order valence-electron chi connectivity index (χ3n) is 2.65. The first kappa shape index (κ1) is 16.8. The normalized spacial score (nSPS) is 11.8. The van der Waals surface area contributed by atoms with Gasteiger partial charge in [-0.3, -0.25) is 4.79 Å². The van der Waals surface area contributed by atoms with Crippen LogP contribution in [0.5, 0.6) is 0 Å². The molecule has 5 nitrogen and oxygen atoms in total. The van der Waals surface area contributed by atoms with Crippen LogP contribution in [0.2, 0.25) is 0 Å². The summed E-state index contributed by atoms with van der Waals surface area (Å²) in [5, 5.41) is 13.1. The van der Waals surface area contributed by atoms with Gasteiger partial charge in [0.1, 0.15) is 5.82 Å². The molecule has 0 fully saturated rings. The first-order chi connectivity index (χ1) is 9.83. The van der Waals surface area contributed by atoms with Gasteiger partial charge in [-0.05, 0) is 6.42 Å². The summed E-state index contributed by atoms with van der Waals surface area (Å²) in [6, 6.07) is -0.706. The number of urea groups is 1. The van der Waals surface area contributed by atoms with Crippen LogP contribution in [-0.4, -0.2) is 23.1 Å². The quantitative estimate of drug-likeness (QED) is 0.707. The second kappa shape index (κ2) is 7.51. The fraction of sp³-hybridized carbons (Fsp3) is 0.385. The Bertz CT molecular complexity index is 538. The number of carbonyl (C=O) groups is 2. The van der Waals surface area contributed by atoms with Crippen molar-refractivity contribution in [3.05, 3.63) is 29.6 Å². The number of carboxylic acid groups (broad SMARTS) is 1. The molecule has 0 saturated carbocycles. The summed E-state index contributed by atoms with van der Waals surface area (Å²) in [5.74, 6) is -4.89. The number of benzene rings is 1. The molecule has 1 atom stereocenters. The van der Waals surface area contributed by atoms with E-state index >= 15 is 0 Å². The molecular formula is C13H15F3N2O3. The van der Waals surface area contributed by atoms with Gasteiger partial charge < -0.3 is 15.7 Å². The van der Waals surface area contributed by atoms with E-state index in [-0.39, 0.29) is 6.42 Å². The summed E-state index contributed by atoms with van der Waals surface area (Å²) in [6.07, 6.45) is 0.763. The molecule has 0 aromatic heterocycles. The van der Waals surface area contributed by atoms with Crippen LogP contribution < -0.4 is 10.6 Å². The number of aliphatic carboxylic acids is 1. The molecule has 0 radical (unpaired) electrons. The SMILES string of the molecule is CCCC(CC(=O)O)NC(=O)Nc1cc(F)c(F)cc1F. The predicted octanol–water partition coefficient (Wildman–Crippen LogP) is 2.87. The molecule has 0 saturated heterocycles. The molecule has 21 heavy (non-hydrogen) atoms. The molecule has 2 amide bonds. The number of anilines is 1. The Morgan fingerprint density at radius 2 is 1.81 bits per heavy atom. The molecule has 116 valence electrons. The van der Waals surface area contributed by atoms with E-state index in [1.165, 1.54) is 0 Å². The molecule has 1 aromatic carbocycles. The lowest BCUT2D eigenvalue weighted by molar-refractivity contribution is -0.137. The maximum Gasteiger partial charge on any atom is 0.319 e. The maximum absolute atomic E-state index is 13.3. The van der Waals surface area contributed by atoms with Crippen molar-refractivity contribution in [3.63, 3.8) is 0 Å². The molecule has 1 rings (SSSR count). The topological polar surface area (TPSA) is 78.4 Å². The highest BCUT2D eigenvalue weighted by molar-refractivity contribution is 5.89. The summed E-state index contributed by atoms with van der Waals surface area (Å²) in [5.41, 5.74) is -0.531. The number of carbonyl (C=O) groups excluding carboxylic acids is 1. The lowest BCUT2D eigenvalue weighted by Crippen LogP contribution is -2.39. The fourth-order valence-corrected chi connectivity index (χ4v) is 1.75. The number of nitrogens with one attached hydrogen (secondary N) is 2. The summed E-state index contributed by atoms with van der Waals surface area (Å²) < 4.78 is 39.1. The second-order valence-corrected chi connectivity index (χ2v) is 4.43. The number of hydrogen-bond donors (Lipinski definition) is 3. The minimum absolute atomic E-state index is 0.290. The smallest absolute Gasteiger partial charge is 0.319 e. The van der Waals surface area contributed by atoms with E-state index in [0.717, 1.165) is 0 Å². The number of amides is 2. The third kappa shape index (κ3) is 5.33. The number of rotatable bonds is 6. The van der Waals surface area contributed by atoms with Crippen molar-refractivity contribution in [2.75, 3.05) is 5.32 Å². The summed E-state index contributed by atoms with van der Waals surface area (Å²) >= 11 is 0. The van der Waals surface area contributed by atoms with Gasteiger partial charge in [0.2, 0.25) is 0 Å². The Labute approximate surface area is 119 Å². The number of halogens is 3. The molecule has 0 bridgehead atoms. The van der Waals surface area contributed by atoms with E-state index in [1.54, 1.807) is 0 Å². The molecule has 0 aliphatic heterocycles. The zero-order valence-corrected chi connectivity index (χ0v) is 11.3. The molecule has 3 N–H and O–H groups in total. The highest BCUT2D eigenvalue weighted by Crippen LogP contribution is 2.18. The van der Waals surface area contributed by atoms with E-state index in [0.29, 0.717) is 25.0 Å². The van der Waals surface area contributed by atoms with Gasteiger partial charge in [0.25, 0.3) is 0 Å². The van der Waals surface area contributed by atoms with Gasteiger partial charge in [0.05, 0.1) is 12.1 Å². The monoisotopic (exact) mass is 304 g/mol. The van der Waals surface area contributed by atoms with Crippen molar-refractivity contribution >= 4 is 17.7 Å². The van der Waals surface area contributed by atoms with Gasteiger partial charge in [-0.1, -0.05) is 13.3 Å². The van der Waals surface area contributed by atoms with E-state index in [1.807, 2.05) is 12.2 Å². The Balaban J connectivity index is 2.71. The van der Waals surface area contributed by atoms with Crippen LogP contribution in [0.25, 0.3) is 0 Å².